The molecular formula is C13H20N2O3. The molecule has 0 aliphatic carbocycles. The van der Waals surface area contributed by atoms with Crippen LogP contribution < -0.4 is 4.74 Å². The Morgan fingerprint density at radius 1 is 1.61 bits per heavy atom. The molecule has 1 aromatic rings. The van der Waals surface area contributed by atoms with E-state index < -0.39 is 0 Å². The molecule has 100 valence electrons. The molecule has 0 bridgehead atoms. The molecule has 1 N–H and O–H groups in total. The second-order valence-electron chi connectivity index (χ2n) is 4.17. The topological polar surface area (TPSA) is 62.7 Å². The standard InChI is InChI=1S/C13H20N2O3/c1-4-10(2)18-12-9-11(5-6-14-12)13(17)15(3)7-8-16/h5-6,9-10,16H,4,7-8H2,1-3H3. The molecule has 1 heterocycles. The van der Waals surface area contributed by atoms with Crippen molar-refractivity contribution in [2.45, 2.75) is 26.4 Å². The Balaban J connectivity index is 2.78. The van der Waals surface area contributed by atoms with Crippen LogP contribution in [0.3, 0.4) is 0 Å². The number of hydrogen-bond acceptors (Lipinski definition) is 4. The van der Waals surface area contributed by atoms with E-state index in [9.17, 15) is 4.79 Å². The fourth-order valence-electron chi connectivity index (χ4n) is 1.37. The second-order valence-corrected chi connectivity index (χ2v) is 4.17. The lowest BCUT2D eigenvalue weighted by Gasteiger charge is -2.16. The second kappa shape index (κ2) is 6.96. The Hall–Kier alpha value is -1.62. The van der Waals surface area contributed by atoms with Crippen LogP contribution in [0.25, 0.3) is 0 Å². The maximum Gasteiger partial charge on any atom is 0.253 e. The summed E-state index contributed by atoms with van der Waals surface area (Å²) < 4.78 is 5.56. The normalized spacial score (nSPS) is 12.0. The van der Waals surface area contributed by atoms with Crippen molar-refractivity contribution in [3.05, 3.63) is 23.9 Å². The summed E-state index contributed by atoms with van der Waals surface area (Å²) in [5.74, 6) is 0.299. The molecule has 18 heavy (non-hydrogen) atoms. The van der Waals surface area contributed by atoms with E-state index in [1.807, 2.05) is 13.8 Å². The molecule has 1 aromatic heterocycles. The van der Waals surface area contributed by atoms with Crippen LogP contribution >= 0.6 is 0 Å². The fraction of sp³-hybridized carbons (Fsp3) is 0.538. The summed E-state index contributed by atoms with van der Waals surface area (Å²) in [4.78, 5) is 17.5. The van der Waals surface area contributed by atoms with Gasteiger partial charge in [0.25, 0.3) is 5.91 Å². The third kappa shape index (κ3) is 4.00. The van der Waals surface area contributed by atoms with Gasteiger partial charge < -0.3 is 14.7 Å². The third-order valence-corrected chi connectivity index (χ3v) is 2.66. The number of aliphatic hydroxyl groups excluding tert-OH is 1. The van der Waals surface area contributed by atoms with Crippen LogP contribution in [-0.2, 0) is 0 Å². The highest BCUT2D eigenvalue weighted by molar-refractivity contribution is 5.94. The van der Waals surface area contributed by atoms with E-state index in [-0.39, 0.29) is 18.6 Å². The first kappa shape index (κ1) is 14.4. The number of amides is 1. The van der Waals surface area contributed by atoms with Crippen molar-refractivity contribution in [1.82, 2.24) is 9.88 Å². The lowest BCUT2D eigenvalue weighted by molar-refractivity contribution is 0.0766. The van der Waals surface area contributed by atoms with Crippen LogP contribution in [0.2, 0.25) is 0 Å². The van der Waals surface area contributed by atoms with Crippen molar-refractivity contribution in [1.29, 1.82) is 0 Å². The molecule has 5 heteroatoms. The van der Waals surface area contributed by atoms with Crippen LogP contribution in [0.5, 0.6) is 5.88 Å². The van der Waals surface area contributed by atoms with Gasteiger partial charge in [-0.15, -0.1) is 0 Å². The third-order valence-electron chi connectivity index (χ3n) is 2.66. The van der Waals surface area contributed by atoms with Crippen LogP contribution in [0.15, 0.2) is 18.3 Å². The predicted molar refractivity (Wildman–Crippen MR) is 68.7 cm³/mol. The van der Waals surface area contributed by atoms with Gasteiger partial charge in [-0.2, -0.15) is 0 Å². The Morgan fingerprint density at radius 2 is 2.33 bits per heavy atom. The molecule has 0 fully saturated rings. The van der Waals surface area contributed by atoms with E-state index in [1.54, 1.807) is 25.4 Å². The highest BCUT2D eigenvalue weighted by Gasteiger charge is 2.12. The van der Waals surface area contributed by atoms with Crippen molar-refractivity contribution in [3.63, 3.8) is 0 Å². The van der Waals surface area contributed by atoms with Crippen molar-refractivity contribution < 1.29 is 14.6 Å². The lowest BCUT2D eigenvalue weighted by Crippen LogP contribution is -2.29. The molecule has 0 radical (unpaired) electrons. The summed E-state index contributed by atoms with van der Waals surface area (Å²) in [5, 5.41) is 8.81. The first-order valence-electron chi connectivity index (χ1n) is 6.07. The summed E-state index contributed by atoms with van der Waals surface area (Å²) in [6, 6.07) is 3.27. The van der Waals surface area contributed by atoms with Gasteiger partial charge in [0.1, 0.15) is 0 Å². The van der Waals surface area contributed by atoms with Crippen LogP contribution in [0.4, 0.5) is 0 Å². The number of hydrogen-bond donors (Lipinski definition) is 1. The Labute approximate surface area is 107 Å². The van der Waals surface area contributed by atoms with Crippen molar-refractivity contribution in [2.24, 2.45) is 0 Å². The highest BCUT2D eigenvalue weighted by atomic mass is 16.5. The molecule has 0 aliphatic rings. The van der Waals surface area contributed by atoms with Crippen LogP contribution in [-0.4, -0.2) is 47.2 Å². The molecule has 1 unspecified atom stereocenters. The lowest BCUT2D eigenvalue weighted by atomic mass is 10.2. The van der Waals surface area contributed by atoms with E-state index in [0.29, 0.717) is 18.0 Å². The minimum Gasteiger partial charge on any atom is -0.475 e. The number of carbonyl (C=O) groups excluding carboxylic acids is 1. The molecule has 0 saturated carbocycles. The summed E-state index contributed by atoms with van der Waals surface area (Å²) in [6.45, 7) is 4.23. The number of ether oxygens (including phenoxy) is 1. The number of carbonyl (C=O) groups is 1. The van der Waals surface area contributed by atoms with Gasteiger partial charge in [-0.3, -0.25) is 4.79 Å². The van der Waals surface area contributed by atoms with Gasteiger partial charge in [0, 0.05) is 31.4 Å². The van der Waals surface area contributed by atoms with Gasteiger partial charge in [0.2, 0.25) is 5.88 Å². The smallest absolute Gasteiger partial charge is 0.253 e. The molecule has 0 saturated heterocycles. The van der Waals surface area contributed by atoms with Gasteiger partial charge in [0.15, 0.2) is 0 Å². The van der Waals surface area contributed by atoms with Gasteiger partial charge >= 0.3 is 0 Å². The Morgan fingerprint density at radius 3 is 2.94 bits per heavy atom. The first-order chi connectivity index (χ1) is 8.58. The largest absolute Gasteiger partial charge is 0.475 e. The highest BCUT2D eigenvalue weighted by Crippen LogP contribution is 2.13. The summed E-state index contributed by atoms with van der Waals surface area (Å²) in [6.07, 6.45) is 2.50. The molecule has 0 aromatic carbocycles. The van der Waals surface area contributed by atoms with Crippen LogP contribution in [0.1, 0.15) is 30.6 Å². The summed E-state index contributed by atoms with van der Waals surface area (Å²) in [5.41, 5.74) is 0.513. The maximum atomic E-state index is 12.0. The molecule has 1 amide bonds. The van der Waals surface area contributed by atoms with Gasteiger partial charge in [-0.25, -0.2) is 4.98 Å². The fourth-order valence-corrected chi connectivity index (χ4v) is 1.37. The van der Waals surface area contributed by atoms with E-state index in [0.717, 1.165) is 6.42 Å². The van der Waals surface area contributed by atoms with Crippen molar-refractivity contribution >= 4 is 5.91 Å². The minimum atomic E-state index is -0.152. The number of aliphatic hydroxyl groups is 1. The zero-order chi connectivity index (χ0) is 13.5. The predicted octanol–water partition coefficient (Wildman–Crippen LogP) is 1.32. The van der Waals surface area contributed by atoms with Gasteiger partial charge in [-0.1, -0.05) is 6.92 Å². The number of rotatable bonds is 6. The SMILES string of the molecule is CCC(C)Oc1cc(C(=O)N(C)CCO)ccn1. The van der Waals surface area contributed by atoms with Gasteiger partial charge in [-0.05, 0) is 19.4 Å². The summed E-state index contributed by atoms with van der Waals surface area (Å²) in [7, 11) is 1.65. The van der Waals surface area contributed by atoms with E-state index in [2.05, 4.69) is 4.98 Å². The Kier molecular flexibility index (Phi) is 5.58. The quantitative estimate of drug-likeness (QED) is 0.829. The number of aromatic nitrogens is 1. The molecule has 1 rings (SSSR count). The van der Waals surface area contributed by atoms with Crippen molar-refractivity contribution in [3.8, 4) is 5.88 Å². The first-order valence-corrected chi connectivity index (χ1v) is 6.07. The molecule has 1 atom stereocenters. The van der Waals surface area contributed by atoms with Gasteiger partial charge in [0.05, 0.1) is 12.7 Å². The minimum absolute atomic E-state index is 0.0520. The Bertz CT molecular complexity index is 396. The zero-order valence-corrected chi connectivity index (χ0v) is 11.1. The van der Waals surface area contributed by atoms with Crippen LogP contribution in [0, 0.1) is 0 Å². The van der Waals surface area contributed by atoms with E-state index in [1.165, 1.54) is 4.90 Å². The zero-order valence-electron chi connectivity index (χ0n) is 11.1. The summed E-state index contributed by atoms with van der Waals surface area (Å²) >= 11 is 0. The van der Waals surface area contributed by atoms with E-state index in [4.69, 9.17) is 9.84 Å². The molecule has 0 spiro atoms. The number of likely N-dealkylation sites (N-methyl/N-ethyl adjacent to an activating group) is 1. The number of nitrogens with zero attached hydrogens (tertiary/aromatic N) is 2. The average molecular weight is 252 g/mol. The monoisotopic (exact) mass is 252 g/mol. The number of pyridine rings is 1. The molecular weight excluding hydrogens is 232 g/mol. The van der Waals surface area contributed by atoms with E-state index >= 15 is 0 Å². The average Bonchev–Trinajstić information content (AvgIpc) is 2.38. The molecule has 0 aliphatic heterocycles. The maximum absolute atomic E-state index is 12.0. The van der Waals surface area contributed by atoms with Crippen molar-refractivity contribution in [2.75, 3.05) is 20.2 Å². The molecule has 5 nitrogen and oxygen atoms in total.